The zero-order chi connectivity index (χ0) is 57.8. The Bertz CT molecular complexity index is 1560. The minimum Gasteiger partial charge on any atom is -0.462 e. The molecule has 0 aliphatic rings. The molecule has 0 aromatic rings. The van der Waals surface area contributed by atoms with Crippen LogP contribution in [-0.2, 0) is 28.6 Å². The Morgan fingerprint density at radius 3 is 0.800 bits per heavy atom. The van der Waals surface area contributed by atoms with E-state index < -0.39 is 6.10 Å². The number of carbonyl (C=O) groups is 3. The van der Waals surface area contributed by atoms with Crippen molar-refractivity contribution >= 4 is 17.9 Å². The van der Waals surface area contributed by atoms with Crippen molar-refractivity contribution in [2.45, 2.75) is 341 Å². The second-order valence-electron chi connectivity index (χ2n) is 22.7. The van der Waals surface area contributed by atoms with E-state index in [1.807, 2.05) is 0 Å². The zero-order valence-corrected chi connectivity index (χ0v) is 52.8. The quantitative estimate of drug-likeness (QED) is 0.0261. The number of hydrogen-bond acceptors (Lipinski definition) is 6. The molecule has 460 valence electrons. The second kappa shape index (κ2) is 67.8. The lowest BCUT2D eigenvalue weighted by atomic mass is 10.0. The van der Waals surface area contributed by atoms with Gasteiger partial charge in [-0.2, -0.15) is 0 Å². The molecule has 0 bridgehead atoms. The summed E-state index contributed by atoms with van der Waals surface area (Å²) in [5.74, 6) is -0.886. The lowest BCUT2D eigenvalue weighted by Gasteiger charge is -2.18. The van der Waals surface area contributed by atoms with Crippen LogP contribution in [0.2, 0.25) is 0 Å². The number of carbonyl (C=O) groups excluding carboxylic acids is 3. The molecular formula is C74H128O6. The van der Waals surface area contributed by atoms with Gasteiger partial charge in [0.1, 0.15) is 13.2 Å². The van der Waals surface area contributed by atoms with Crippen LogP contribution in [0.1, 0.15) is 335 Å². The van der Waals surface area contributed by atoms with Crippen molar-refractivity contribution in [1.82, 2.24) is 0 Å². The third-order valence-corrected chi connectivity index (χ3v) is 14.8. The van der Waals surface area contributed by atoms with Crippen LogP contribution in [0.25, 0.3) is 0 Å². The molecule has 1 atom stereocenters. The zero-order valence-electron chi connectivity index (χ0n) is 52.8. The van der Waals surface area contributed by atoms with E-state index in [1.165, 1.54) is 186 Å². The van der Waals surface area contributed by atoms with Gasteiger partial charge in [-0.15, -0.1) is 0 Å². The van der Waals surface area contributed by atoms with Crippen LogP contribution in [0.5, 0.6) is 0 Å². The van der Waals surface area contributed by atoms with Crippen molar-refractivity contribution in [2.75, 3.05) is 13.2 Å². The lowest BCUT2D eigenvalue weighted by molar-refractivity contribution is -0.167. The summed E-state index contributed by atoms with van der Waals surface area (Å²) in [6.45, 7) is 6.51. The minimum absolute atomic E-state index is 0.0817. The van der Waals surface area contributed by atoms with Crippen LogP contribution < -0.4 is 0 Å². The maximum absolute atomic E-state index is 12.9. The molecule has 0 N–H and O–H groups in total. The molecule has 0 aromatic heterocycles. The van der Waals surface area contributed by atoms with Gasteiger partial charge in [0, 0.05) is 19.3 Å². The highest BCUT2D eigenvalue weighted by molar-refractivity contribution is 5.71. The number of rotatable bonds is 62. The van der Waals surface area contributed by atoms with E-state index in [0.29, 0.717) is 19.3 Å². The Balaban J connectivity index is 4.28. The normalized spacial score (nSPS) is 12.7. The van der Waals surface area contributed by atoms with Crippen LogP contribution in [0.15, 0.2) is 97.2 Å². The molecular weight excluding hydrogens is 985 g/mol. The monoisotopic (exact) mass is 1110 g/mol. The molecule has 0 rings (SSSR count). The SMILES string of the molecule is CC/C=C\C/C=C\C/C=C\C/C=C\CCCCCCCCCCCCCCCCC(=O)OCC(COC(=O)CCCCCCC/C=C\CCCCC)OC(=O)CCCCCCCCCC/C=C\C/C=C\C/C=C\CCCCCCC. The first-order valence-electron chi connectivity index (χ1n) is 34.2. The van der Waals surface area contributed by atoms with E-state index >= 15 is 0 Å². The molecule has 0 aliphatic carbocycles. The highest BCUT2D eigenvalue weighted by Crippen LogP contribution is 2.17. The Morgan fingerprint density at radius 2 is 0.487 bits per heavy atom. The van der Waals surface area contributed by atoms with E-state index in [9.17, 15) is 14.4 Å². The van der Waals surface area contributed by atoms with Gasteiger partial charge in [-0.05, 0) is 122 Å². The number of allylic oxidation sites excluding steroid dienone is 16. The van der Waals surface area contributed by atoms with Crippen LogP contribution >= 0.6 is 0 Å². The number of hydrogen-bond donors (Lipinski definition) is 0. The number of esters is 3. The largest absolute Gasteiger partial charge is 0.462 e. The summed E-state index contributed by atoms with van der Waals surface area (Å²) >= 11 is 0. The van der Waals surface area contributed by atoms with Gasteiger partial charge in [-0.25, -0.2) is 0 Å². The second-order valence-corrected chi connectivity index (χ2v) is 22.7. The smallest absolute Gasteiger partial charge is 0.306 e. The highest BCUT2D eigenvalue weighted by Gasteiger charge is 2.19. The van der Waals surface area contributed by atoms with Gasteiger partial charge < -0.3 is 14.2 Å². The predicted octanol–water partition coefficient (Wildman–Crippen LogP) is 23.6. The van der Waals surface area contributed by atoms with Crippen molar-refractivity contribution in [2.24, 2.45) is 0 Å². The molecule has 0 saturated carbocycles. The molecule has 1 unspecified atom stereocenters. The topological polar surface area (TPSA) is 78.9 Å². The molecule has 80 heavy (non-hydrogen) atoms. The summed E-state index contributed by atoms with van der Waals surface area (Å²) in [5.41, 5.74) is 0. The predicted molar refractivity (Wildman–Crippen MR) is 348 cm³/mol. The maximum atomic E-state index is 12.9. The summed E-state index contributed by atoms with van der Waals surface area (Å²) < 4.78 is 16.9. The molecule has 0 radical (unpaired) electrons. The molecule has 0 saturated heterocycles. The first kappa shape index (κ1) is 76.3. The Kier molecular flexibility index (Phi) is 64.7. The van der Waals surface area contributed by atoms with Gasteiger partial charge >= 0.3 is 17.9 Å². The average Bonchev–Trinajstić information content (AvgIpc) is 3.46. The maximum Gasteiger partial charge on any atom is 0.306 e. The summed E-state index contributed by atoms with van der Waals surface area (Å²) in [7, 11) is 0. The van der Waals surface area contributed by atoms with E-state index in [-0.39, 0.29) is 31.1 Å². The van der Waals surface area contributed by atoms with Crippen molar-refractivity contribution < 1.29 is 28.6 Å². The Morgan fingerprint density at radius 1 is 0.263 bits per heavy atom. The van der Waals surface area contributed by atoms with Crippen LogP contribution in [0, 0.1) is 0 Å². The molecule has 6 heteroatoms. The summed E-state index contributed by atoms with van der Waals surface area (Å²) in [6.07, 6.45) is 91.4. The molecule has 6 nitrogen and oxygen atoms in total. The number of unbranched alkanes of at least 4 members (excludes halogenated alkanes) is 35. The highest BCUT2D eigenvalue weighted by atomic mass is 16.6. The lowest BCUT2D eigenvalue weighted by Crippen LogP contribution is -2.30. The molecule has 0 amide bonds. The molecule has 0 heterocycles. The fourth-order valence-corrected chi connectivity index (χ4v) is 9.67. The number of ether oxygens (including phenoxy) is 3. The van der Waals surface area contributed by atoms with Crippen LogP contribution in [0.3, 0.4) is 0 Å². The average molecular weight is 1110 g/mol. The first-order valence-corrected chi connectivity index (χ1v) is 34.2. The Labute approximate surface area is 496 Å². The van der Waals surface area contributed by atoms with Crippen LogP contribution in [-0.4, -0.2) is 37.2 Å². The van der Waals surface area contributed by atoms with Gasteiger partial charge in [0.2, 0.25) is 0 Å². The minimum atomic E-state index is -0.786. The van der Waals surface area contributed by atoms with Crippen molar-refractivity contribution in [3.8, 4) is 0 Å². The van der Waals surface area contributed by atoms with Crippen molar-refractivity contribution in [1.29, 1.82) is 0 Å². The third kappa shape index (κ3) is 65.1. The van der Waals surface area contributed by atoms with E-state index in [2.05, 4.69) is 118 Å². The van der Waals surface area contributed by atoms with Gasteiger partial charge in [0.15, 0.2) is 6.10 Å². The standard InChI is InChI=1S/C74H128O6/c1-4-7-10-13-16-19-22-25-27-29-31-33-35-36-37-38-40-41-43-45-47-49-52-55-58-61-64-67-73(76)79-70-71(69-78-72(75)66-63-60-57-54-51-24-21-18-15-12-9-6-3)80-74(77)68-65-62-59-56-53-50-48-46-44-42-39-34-32-30-28-26-23-20-17-14-11-8-5-2/h7,10,16,18-19,21,23,25-27,30-33,39,42,71H,4-6,8-9,11-15,17,20,22,24,28-29,34-38,40-41,43-70H2,1-3H3/b10-7-,19-16-,21-18-,26-23-,27-25-,32-30-,33-31-,42-39-. The van der Waals surface area contributed by atoms with Gasteiger partial charge in [0.25, 0.3) is 0 Å². The fourth-order valence-electron chi connectivity index (χ4n) is 9.67. The van der Waals surface area contributed by atoms with Crippen molar-refractivity contribution in [3.05, 3.63) is 97.2 Å². The molecule has 0 fully saturated rings. The van der Waals surface area contributed by atoms with Gasteiger partial charge in [0.05, 0.1) is 0 Å². The van der Waals surface area contributed by atoms with E-state index in [1.54, 1.807) is 0 Å². The van der Waals surface area contributed by atoms with Gasteiger partial charge in [-0.1, -0.05) is 291 Å². The first-order chi connectivity index (χ1) is 39.5. The molecule has 0 spiro atoms. The van der Waals surface area contributed by atoms with E-state index in [4.69, 9.17) is 14.2 Å². The van der Waals surface area contributed by atoms with Crippen molar-refractivity contribution in [3.63, 3.8) is 0 Å². The molecule has 0 aliphatic heterocycles. The summed E-state index contributed by atoms with van der Waals surface area (Å²) in [6, 6.07) is 0. The van der Waals surface area contributed by atoms with Crippen LogP contribution in [0.4, 0.5) is 0 Å². The molecule has 0 aromatic carbocycles. The fraction of sp³-hybridized carbons (Fsp3) is 0.743. The summed E-state index contributed by atoms with van der Waals surface area (Å²) in [5, 5.41) is 0. The van der Waals surface area contributed by atoms with E-state index in [0.717, 1.165) is 109 Å². The van der Waals surface area contributed by atoms with Gasteiger partial charge in [-0.3, -0.25) is 14.4 Å². The summed E-state index contributed by atoms with van der Waals surface area (Å²) in [4.78, 5) is 38.4. The third-order valence-electron chi connectivity index (χ3n) is 14.8. The Hall–Kier alpha value is -3.67.